The molecule has 1 saturated carbocycles. The molecule has 0 N–H and O–H groups in total. The Hall–Kier alpha value is -1.72. The predicted octanol–water partition coefficient (Wildman–Crippen LogP) is 4.84. The fraction of sp³-hybridized carbons (Fsp3) is 0.400. The summed E-state index contributed by atoms with van der Waals surface area (Å²) in [5.41, 5.74) is 1.34. The summed E-state index contributed by atoms with van der Waals surface area (Å²) in [6.45, 7) is 0.487. The number of pyridine rings is 1. The van der Waals surface area contributed by atoms with Gasteiger partial charge >= 0.3 is 0 Å². The Kier molecular flexibility index (Phi) is 6.33. The third kappa shape index (κ3) is 5.39. The molecular formula is C20H20Cl2F2NO2+. The summed E-state index contributed by atoms with van der Waals surface area (Å²) in [4.78, 5) is 12.7. The molecule has 1 heterocycles. The molecule has 3 nitrogen and oxygen atoms in total. The molecule has 1 fully saturated rings. The molecule has 0 unspecified atom stereocenters. The number of aromatic nitrogens is 1. The minimum atomic E-state index is -2.47. The van der Waals surface area contributed by atoms with Gasteiger partial charge in [0.2, 0.25) is 6.43 Å². The van der Waals surface area contributed by atoms with Gasteiger partial charge in [0.1, 0.15) is 22.8 Å². The number of ether oxygens (including phenoxy) is 1. The Morgan fingerprint density at radius 3 is 2.52 bits per heavy atom. The van der Waals surface area contributed by atoms with Gasteiger partial charge in [-0.25, -0.2) is 13.3 Å². The van der Waals surface area contributed by atoms with Crippen LogP contribution in [0, 0.1) is 5.92 Å². The minimum absolute atomic E-state index is 0.0226. The van der Waals surface area contributed by atoms with Crippen molar-refractivity contribution in [2.24, 2.45) is 13.0 Å². The van der Waals surface area contributed by atoms with Crippen molar-refractivity contribution in [1.82, 2.24) is 0 Å². The maximum absolute atomic E-state index is 12.8. The summed E-state index contributed by atoms with van der Waals surface area (Å²) in [6, 6.07) is 4.64. The molecule has 0 atom stereocenters. The van der Waals surface area contributed by atoms with E-state index in [2.05, 4.69) is 0 Å². The molecule has 0 amide bonds. The van der Waals surface area contributed by atoms with Crippen LogP contribution in [-0.2, 0) is 19.9 Å². The lowest BCUT2D eigenvalue weighted by atomic mass is 10.0. The van der Waals surface area contributed by atoms with E-state index >= 15 is 0 Å². The third-order valence-corrected chi connectivity index (χ3v) is 5.13. The fourth-order valence-corrected chi connectivity index (χ4v) is 3.48. The number of alkyl halides is 2. The van der Waals surface area contributed by atoms with Crippen molar-refractivity contribution in [2.45, 2.75) is 32.1 Å². The van der Waals surface area contributed by atoms with Crippen molar-refractivity contribution >= 4 is 29.0 Å². The molecule has 2 aromatic rings. The van der Waals surface area contributed by atoms with Crippen molar-refractivity contribution in [3.8, 4) is 5.75 Å². The van der Waals surface area contributed by atoms with Crippen LogP contribution in [-0.4, -0.2) is 18.8 Å². The molecule has 0 saturated heterocycles. The summed E-state index contributed by atoms with van der Waals surface area (Å²) in [5.74, 6) is 0.628. The van der Waals surface area contributed by atoms with Crippen molar-refractivity contribution in [3.05, 3.63) is 57.3 Å². The number of halogens is 4. The van der Waals surface area contributed by atoms with Gasteiger partial charge in [-0.05, 0) is 30.4 Å². The predicted molar refractivity (Wildman–Crippen MR) is 100 cm³/mol. The van der Waals surface area contributed by atoms with Crippen LogP contribution in [0.4, 0.5) is 8.78 Å². The van der Waals surface area contributed by atoms with E-state index in [1.165, 1.54) is 6.07 Å². The van der Waals surface area contributed by atoms with Crippen molar-refractivity contribution in [2.75, 3.05) is 6.61 Å². The van der Waals surface area contributed by atoms with Crippen molar-refractivity contribution in [1.29, 1.82) is 0 Å². The molecule has 0 aliphatic heterocycles. The van der Waals surface area contributed by atoms with Gasteiger partial charge in [-0.3, -0.25) is 4.79 Å². The van der Waals surface area contributed by atoms with Crippen LogP contribution in [0.15, 0.2) is 30.6 Å². The lowest BCUT2D eigenvalue weighted by Crippen LogP contribution is -2.27. The van der Waals surface area contributed by atoms with Gasteiger partial charge in [0, 0.05) is 24.0 Å². The molecule has 3 rings (SSSR count). The molecule has 0 radical (unpaired) electrons. The maximum atomic E-state index is 12.8. The highest BCUT2D eigenvalue weighted by molar-refractivity contribution is 6.36. The van der Waals surface area contributed by atoms with Crippen LogP contribution in [0.3, 0.4) is 0 Å². The number of nitrogens with zero attached hydrogens (tertiary/aromatic N) is 1. The average molecular weight is 415 g/mol. The van der Waals surface area contributed by atoms with E-state index in [0.717, 1.165) is 12.8 Å². The summed E-state index contributed by atoms with van der Waals surface area (Å²) < 4.78 is 33.1. The molecule has 27 heavy (non-hydrogen) atoms. The van der Waals surface area contributed by atoms with Crippen molar-refractivity contribution < 1.29 is 22.9 Å². The molecule has 1 aliphatic rings. The summed E-state index contributed by atoms with van der Waals surface area (Å²) in [7, 11) is 1.79. The zero-order valence-electron chi connectivity index (χ0n) is 14.9. The van der Waals surface area contributed by atoms with E-state index in [0.29, 0.717) is 45.0 Å². The van der Waals surface area contributed by atoms with Crippen LogP contribution in [0.2, 0.25) is 10.0 Å². The van der Waals surface area contributed by atoms with E-state index in [1.54, 1.807) is 36.1 Å². The topological polar surface area (TPSA) is 30.2 Å². The lowest BCUT2D eigenvalue weighted by molar-refractivity contribution is -0.671. The second-order valence-electron chi connectivity index (χ2n) is 6.87. The Bertz CT molecular complexity index is 831. The smallest absolute Gasteiger partial charge is 0.242 e. The normalized spacial score (nSPS) is 13.9. The van der Waals surface area contributed by atoms with Crippen LogP contribution >= 0.6 is 23.2 Å². The van der Waals surface area contributed by atoms with Gasteiger partial charge in [-0.1, -0.05) is 35.3 Å². The highest BCUT2D eigenvalue weighted by atomic mass is 35.5. The number of carbonyl (C=O) groups is 1. The number of rotatable bonds is 8. The number of Topliss-reactive ketones (excluding diaryl/α,β-unsaturated/α-hetero) is 1. The van der Waals surface area contributed by atoms with Gasteiger partial charge in [-0.15, -0.1) is 0 Å². The molecule has 1 aliphatic carbocycles. The highest BCUT2D eigenvalue weighted by Crippen LogP contribution is 2.32. The first-order valence-electron chi connectivity index (χ1n) is 8.73. The van der Waals surface area contributed by atoms with E-state index in [9.17, 15) is 13.6 Å². The quantitative estimate of drug-likeness (QED) is 0.456. The summed E-state index contributed by atoms with van der Waals surface area (Å²) in [5, 5.41) is 0.802. The molecule has 1 aromatic carbocycles. The van der Waals surface area contributed by atoms with Gasteiger partial charge in [0.15, 0.2) is 18.2 Å². The van der Waals surface area contributed by atoms with Crippen LogP contribution < -0.4 is 9.30 Å². The van der Waals surface area contributed by atoms with E-state index < -0.39 is 12.8 Å². The Morgan fingerprint density at radius 2 is 1.93 bits per heavy atom. The SMILES string of the molecule is C[n+]1cc(Cl)c(CC(=O)c2ccc(CC(F)F)c(OCC3CC3)c2)c(Cl)c1. The first-order valence-corrected chi connectivity index (χ1v) is 9.49. The van der Waals surface area contributed by atoms with Crippen molar-refractivity contribution in [3.63, 3.8) is 0 Å². The standard InChI is InChI=1S/C20H20Cl2F2NO2/c1-25-9-16(21)15(17(22)10-25)8-18(26)13-4-5-14(7-20(23)24)19(6-13)27-11-12-2-3-12/h4-6,9-10,12,20H,2-3,7-8,11H2,1H3/q+1. The first-order chi connectivity index (χ1) is 12.8. The van der Waals surface area contributed by atoms with Gasteiger partial charge < -0.3 is 4.74 Å². The number of carbonyl (C=O) groups excluding carboxylic acids is 1. The molecule has 0 bridgehead atoms. The number of hydrogen-bond donors (Lipinski definition) is 0. The molecule has 7 heteroatoms. The lowest BCUT2D eigenvalue weighted by Gasteiger charge is -2.13. The average Bonchev–Trinajstić information content (AvgIpc) is 3.40. The largest absolute Gasteiger partial charge is 0.493 e. The zero-order valence-corrected chi connectivity index (χ0v) is 16.4. The minimum Gasteiger partial charge on any atom is -0.493 e. The highest BCUT2D eigenvalue weighted by Gasteiger charge is 2.23. The first kappa shape index (κ1) is 20.0. The second-order valence-corrected chi connectivity index (χ2v) is 7.68. The number of aryl methyl sites for hydroxylation is 1. The molecular weight excluding hydrogens is 395 g/mol. The Balaban J connectivity index is 1.82. The van der Waals surface area contributed by atoms with E-state index in [1.807, 2.05) is 0 Å². The summed E-state index contributed by atoms with van der Waals surface area (Å²) in [6.07, 6.45) is 2.67. The zero-order chi connectivity index (χ0) is 19.6. The maximum Gasteiger partial charge on any atom is 0.242 e. The van der Waals surface area contributed by atoms with Crippen LogP contribution in [0.25, 0.3) is 0 Å². The van der Waals surface area contributed by atoms with Gasteiger partial charge in [-0.2, -0.15) is 0 Å². The molecule has 144 valence electrons. The van der Waals surface area contributed by atoms with Gasteiger partial charge in [0.05, 0.1) is 6.61 Å². The number of hydrogen-bond acceptors (Lipinski definition) is 2. The van der Waals surface area contributed by atoms with Crippen LogP contribution in [0.1, 0.15) is 34.3 Å². The van der Waals surface area contributed by atoms with Crippen LogP contribution in [0.5, 0.6) is 5.75 Å². The molecule has 0 spiro atoms. The number of benzene rings is 1. The fourth-order valence-electron chi connectivity index (χ4n) is 2.79. The Morgan fingerprint density at radius 1 is 1.26 bits per heavy atom. The monoisotopic (exact) mass is 414 g/mol. The van der Waals surface area contributed by atoms with E-state index in [4.69, 9.17) is 27.9 Å². The number of ketones is 1. The Labute approximate surface area is 166 Å². The second kappa shape index (κ2) is 8.53. The molecule has 1 aromatic heterocycles. The van der Waals surface area contributed by atoms with E-state index in [-0.39, 0.29) is 12.2 Å². The summed E-state index contributed by atoms with van der Waals surface area (Å²) >= 11 is 12.4. The van der Waals surface area contributed by atoms with Gasteiger partial charge in [0.25, 0.3) is 0 Å². The third-order valence-electron chi connectivity index (χ3n) is 4.48.